The lowest BCUT2D eigenvalue weighted by Crippen LogP contribution is -2.20. The first-order valence-corrected chi connectivity index (χ1v) is 6.79. The second kappa shape index (κ2) is 5.89. The van der Waals surface area contributed by atoms with Gasteiger partial charge in [-0.05, 0) is 53.9 Å². The van der Waals surface area contributed by atoms with E-state index in [0.29, 0.717) is 6.04 Å². The highest BCUT2D eigenvalue weighted by atomic mass is 79.9. The minimum Gasteiger partial charge on any atom is -0.309 e. The Balaban J connectivity index is 2.68. The van der Waals surface area contributed by atoms with Crippen LogP contribution in [0.4, 0.5) is 0 Å². The molecule has 0 spiro atoms. The maximum atomic E-state index is 3.57. The zero-order valence-corrected chi connectivity index (χ0v) is 11.5. The van der Waals surface area contributed by atoms with Crippen LogP contribution in [0, 0.1) is 6.92 Å². The number of nitrogens with one attached hydrogen (secondary N) is 1. The van der Waals surface area contributed by atoms with Crippen molar-refractivity contribution in [1.82, 2.24) is 5.32 Å². The molecule has 1 N–H and O–H groups in total. The molecule has 0 saturated heterocycles. The molecule has 0 fully saturated rings. The van der Waals surface area contributed by atoms with Gasteiger partial charge in [0, 0.05) is 10.9 Å². The Labute approximate surface area is 99.0 Å². The monoisotopic (exact) mass is 275 g/mol. The Morgan fingerprint density at radius 3 is 2.64 bits per heavy atom. The van der Waals surface area contributed by atoms with Gasteiger partial charge >= 0.3 is 0 Å². The molecule has 0 bridgehead atoms. The lowest BCUT2D eigenvalue weighted by Gasteiger charge is -2.14. The number of hydrogen-bond acceptors (Lipinski definition) is 2. The lowest BCUT2D eigenvalue weighted by atomic mass is 10.1. The fraction of sp³-hybridized carbons (Fsp3) is 0.636. The van der Waals surface area contributed by atoms with Gasteiger partial charge < -0.3 is 5.32 Å². The van der Waals surface area contributed by atoms with Crippen LogP contribution >= 0.6 is 27.3 Å². The van der Waals surface area contributed by atoms with E-state index >= 15 is 0 Å². The van der Waals surface area contributed by atoms with E-state index in [1.54, 1.807) is 0 Å². The smallest absolute Gasteiger partial charge is 0.0731 e. The Kier molecular flexibility index (Phi) is 5.13. The van der Waals surface area contributed by atoms with Crippen molar-refractivity contribution in [1.29, 1.82) is 0 Å². The third kappa shape index (κ3) is 3.07. The van der Waals surface area contributed by atoms with Crippen LogP contribution in [0.25, 0.3) is 0 Å². The summed E-state index contributed by atoms with van der Waals surface area (Å²) in [5, 5.41) is 3.57. The highest BCUT2D eigenvalue weighted by molar-refractivity contribution is 9.11. The molecule has 80 valence electrons. The summed E-state index contributed by atoms with van der Waals surface area (Å²) < 4.78 is 1.27. The number of rotatable bonds is 5. The second-order valence-corrected chi connectivity index (χ2v) is 5.92. The van der Waals surface area contributed by atoms with Crippen molar-refractivity contribution in [2.45, 2.75) is 39.7 Å². The summed E-state index contributed by atoms with van der Waals surface area (Å²) in [6.07, 6.45) is 2.36. The summed E-state index contributed by atoms with van der Waals surface area (Å²) in [5.74, 6) is 0. The number of halogens is 1. The largest absolute Gasteiger partial charge is 0.309 e. The lowest BCUT2D eigenvalue weighted by molar-refractivity contribution is 0.525. The van der Waals surface area contributed by atoms with E-state index in [1.165, 1.54) is 20.6 Å². The van der Waals surface area contributed by atoms with E-state index < -0.39 is 0 Å². The topological polar surface area (TPSA) is 12.0 Å². The molecule has 1 aromatic heterocycles. The van der Waals surface area contributed by atoms with Crippen LogP contribution in [-0.4, -0.2) is 6.54 Å². The maximum absolute atomic E-state index is 3.57. The van der Waals surface area contributed by atoms with Crippen molar-refractivity contribution in [3.05, 3.63) is 20.3 Å². The molecule has 1 atom stereocenters. The molecule has 1 unspecified atom stereocenters. The SMILES string of the molecule is CCCNC(CC)c1cc(C)c(Br)s1. The van der Waals surface area contributed by atoms with Gasteiger partial charge in [0.1, 0.15) is 0 Å². The van der Waals surface area contributed by atoms with Crippen LogP contribution < -0.4 is 5.32 Å². The molecule has 1 heterocycles. The van der Waals surface area contributed by atoms with Gasteiger partial charge in [-0.2, -0.15) is 0 Å². The molecular formula is C11H18BrNS. The predicted molar refractivity (Wildman–Crippen MR) is 68.1 cm³/mol. The molecule has 0 amide bonds. The molecule has 1 nitrogen and oxygen atoms in total. The Hall–Kier alpha value is 0.140. The van der Waals surface area contributed by atoms with Crippen molar-refractivity contribution in [2.75, 3.05) is 6.54 Å². The minimum absolute atomic E-state index is 0.532. The van der Waals surface area contributed by atoms with E-state index in [1.807, 2.05) is 11.3 Å². The van der Waals surface area contributed by atoms with E-state index in [-0.39, 0.29) is 0 Å². The van der Waals surface area contributed by atoms with E-state index in [9.17, 15) is 0 Å². The minimum atomic E-state index is 0.532. The van der Waals surface area contributed by atoms with Crippen LogP contribution in [0.2, 0.25) is 0 Å². The summed E-state index contributed by atoms with van der Waals surface area (Å²) >= 11 is 5.42. The maximum Gasteiger partial charge on any atom is 0.0731 e. The molecule has 14 heavy (non-hydrogen) atoms. The third-order valence-electron chi connectivity index (χ3n) is 2.27. The van der Waals surface area contributed by atoms with Crippen molar-refractivity contribution >= 4 is 27.3 Å². The number of hydrogen-bond donors (Lipinski definition) is 1. The molecule has 0 radical (unpaired) electrons. The van der Waals surface area contributed by atoms with Crippen LogP contribution in [0.15, 0.2) is 9.85 Å². The fourth-order valence-corrected chi connectivity index (χ4v) is 3.15. The normalized spacial score (nSPS) is 13.1. The van der Waals surface area contributed by atoms with E-state index in [4.69, 9.17) is 0 Å². The fourth-order valence-electron chi connectivity index (χ4n) is 1.42. The Bertz CT molecular complexity index is 263. The zero-order chi connectivity index (χ0) is 10.6. The Morgan fingerprint density at radius 1 is 1.50 bits per heavy atom. The summed E-state index contributed by atoms with van der Waals surface area (Å²) in [5.41, 5.74) is 1.35. The molecule has 0 saturated carbocycles. The van der Waals surface area contributed by atoms with Gasteiger partial charge in [-0.3, -0.25) is 0 Å². The highest BCUT2D eigenvalue weighted by Gasteiger charge is 2.12. The molecule has 0 aliphatic carbocycles. The van der Waals surface area contributed by atoms with Crippen LogP contribution in [0.1, 0.15) is 43.2 Å². The van der Waals surface area contributed by atoms with Gasteiger partial charge in [-0.15, -0.1) is 11.3 Å². The summed E-state index contributed by atoms with van der Waals surface area (Å²) in [6.45, 7) is 7.69. The average Bonchev–Trinajstić information content (AvgIpc) is 2.48. The quantitative estimate of drug-likeness (QED) is 0.846. The van der Waals surface area contributed by atoms with Crippen molar-refractivity contribution in [3.8, 4) is 0 Å². The number of aryl methyl sites for hydroxylation is 1. The molecule has 0 aliphatic heterocycles. The van der Waals surface area contributed by atoms with Gasteiger partial charge in [0.15, 0.2) is 0 Å². The van der Waals surface area contributed by atoms with Crippen LogP contribution in [0.5, 0.6) is 0 Å². The molecule has 0 aromatic carbocycles. The number of thiophene rings is 1. The first-order chi connectivity index (χ1) is 6.69. The molecule has 3 heteroatoms. The Morgan fingerprint density at radius 2 is 2.21 bits per heavy atom. The third-order valence-corrected chi connectivity index (χ3v) is 4.52. The zero-order valence-electron chi connectivity index (χ0n) is 9.06. The standard InChI is InChI=1S/C11H18BrNS/c1-4-6-13-9(5-2)10-7-8(3)11(12)14-10/h7,9,13H,4-6H2,1-3H3. The van der Waals surface area contributed by atoms with Gasteiger partial charge in [0.25, 0.3) is 0 Å². The molecule has 1 aromatic rings. The predicted octanol–water partition coefficient (Wildman–Crippen LogP) is 4.27. The van der Waals surface area contributed by atoms with Crippen LogP contribution in [-0.2, 0) is 0 Å². The van der Waals surface area contributed by atoms with Gasteiger partial charge in [0.2, 0.25) is 0 Å². The average molecular weight is 276 g/mol. The first-order valence-electron chi connectivity index (χ1n) is 5.18. The van der Waals surface area contributed by atoms with E-state index in [2.05, 4.69) is 48.1 Å². The van der Waals surface area contributed by atoms with E-state index in [0.717, 1.165) is 13.0 Å². The molecular weight excluding hydrogens is 258 g/mol. The van der Waals surface area contributed by atoms with Crippen molar-refractivity contribution < 1.29 is 0 Å². The molecule has 1 rings (SSSR count). The summed E-state index contributed by atoms with van der Waals surface area (Å²) in [4.78, 5) is 1.45. The van der Waals surface area contributed by atoms with Gasteiger partial charge in [0.05, 0.1) is 3.79 Å². The van der Waals surface area contributed by atoms with Crippen molar-refractivity contribution in [3.63, 3.8) is 0 Å². The van der Waals surface area contributed by atoms with Crippen molar-refractivity contribution in [2.24, 2.45) is 0 Å². The van der Waals surface area contributed by atoms with Crippen LogP contribution in [0.3, 0.4) is 0 Å². The van der Waals surface area contributed by atoms with Gasteiger partial charge in [-0.25, -0.2) is 0 Å². The summed E-state index contributed by atoms with van der Waals surface area (Å²) in [7, 11) is 0. The van der Waals surface area contributed by atoms with Gasteiger partial charge in [-0.1, -0.05) is 13.8 Å². The molecule has 0 aliphatic rings. The summed E-state index contributed by atoms with van der Waals surface area (Å²) in [6, 6.07) is 2.82. The first kappa shape index (κ1) is 12.2. The second-order valence-electron chi connectivity index (χ2n) is 3.52. The highest BCUT2D eigenvalue weighted by Crippen LogP contribution is 2.32.